The molecule has 0 amide bonds. The molecule has 1 unspecified atom stereocenters. The number of rotatable bonds is 3. The molecule has 0 aromatic heterocycles. The van der Waals surface area contributed by atoms with Crippen LogP contribution in [0.4, 0.5) is 0 Å². The van der Waals surface area contributed by atoms with E-state index in [-0.39, 0.29) is 17.2 Å². The molecule has 0 saturated carbocycles. The maximum atomic E-state index is 12.4. The van der Waals surface area contributed by atoms with E-state index in [1.54, 1.807) is 47.7 Å². The third kappa shape index (κ3) is 3.32. The number of phenols is 2. The van der Waals surface area contributed by atoms with E-state index in [0.717, 1.165) is 0 Å². The molecule has 0 heterocycles. The number of phenolic OH excluding ortho intramolecular Hbond substituents is 2. The number of benzene rings is 2. The van der Waals surface area contributed by atoms with Crippen LogP contribution < -0.4 is 4.74 Å². The van der Waals surface area contributed by atoms with Crippen LogP contribution in [0.3, 0.4) is 0 Å². The van der Waals surface area contributed by atoms with E-state index in [2.05, 4.69) is 0 Å². The number of carbonyl (C=O) groups excluding carboxylic acids is 1. The second-order valence-corrected chi connectivity index (χ2v) is 8.92. The summed E-state index contributed by atoms with van der Waals surface area (Å²) >= 11 is 3.61. The Hall–Kier alpha value is -0.640. The first-order valence-electron chi connectivity index (χ1n) is 6.16. The molecule has 4 nitrogen and oxygen atoms in total. The Kier molecular flexibility index (Phi) is 4.91. The van der Waals surface area contributed by atoms with Crippen LogP contribution in [0.5, 0.6) is 17.2 Å². The molecule has 1 atom stereocenters. The van der Waals surface area contributed by atoms with Crippen LogP contribution in [0.15, 0.2) is 30.3 Å². The molecular formula is C14H10B2I2O4. The van der Waals surface area contributed by atoms with Crippen molar-refractivity contribution in [2.45, 2.75) is 13.6 Å². The molecule has 0 aliphatic heterocycles. The fourth-order valence-electron chi connectivity index (χ4n) is 1.76. The quantitative estimate of drug-likeness (QED) is 0.216. The third-order valence-corrected chi connectivity index (χ3v) is 6.67. The number of hydrogen-bond acceptors (Lipinski definition) is 4. The number of ether oxygens (including phenoxy) is 1. The average molecular weight is 518 g/mol. The van der Waals surface area contributed by atoms with Gasteiger partial charge >= 0.3 is 5.97 Å². The van der Waals surface area contributed by atoms with E-state index in [0.29, 0.717) is 10.8 Å². The van der Waals surface area contributed by atoms with Crippen molar-refractivity contribution in [1.29, 1.82) is 0 Å². The number of fused-ring (bicyclic) bond motifs is 1. The highest BCUT2D eigenvalue weighted by molar-refractivity contribution is 14.1. The van der Waals surface area contributed by atoms with E-state index in [1.165, 1.54) is 12.1 Å². The van der Waals surface area contributed by atoms with E-state index in [1.807, 2.05) is 22.6 Å². The first kappa shape index (κ1) is 17.7. The minimum atomic E-state index is -1.31. The highest BCUT2D eigenvalue weighted by Gasteiger charge is 2.44. The molecule has 0 saturated heterocycles. The molecule has 2 aromatic carbocycles. The summed E-state index contributed by atoms with van der Waals surface area (Å²) in [5.74, 6) is -0.655. The predicted octanol–water partition coefficient (Wildman–Crippen LogP) is 2.78. The Morgan fingerprint density at radius 3 is 2.41 bits per heavy atom. The monoisotopic (exact) mass is 518 g/mol. The maximum absolute atomic E-state index is 12.4. The zero-order valence-corrected chi connectivity index (χ0v) is 15.8. The molecule has 0 aliphatic carbocycles. The first-order chi connectivity index (χ1) is 10.0. The predicted molar refractivity (Wildman–Crippen MR) is 104 cm³/mol. The van der Waals surface area contributed by atoms with Gasteiger partial charge in [0.25, 0.3) is 0 Å². The lowest BCUT2D eigenvalue weighted by Crippen LogP contribution is -2.51. The molecule has 4 radical (unpaired) electrons. The molecule has 0 fully saturated rings. The molecule has 0 spiro atoms. The zero-order chi connectivity index (χ0) is 16.7. The zero-order valence-electron chi connectivity index (χ0n) is 11.5. The van der Waals surface area contributed by atoms with Gasteiger partial charge in [-0.05, 0) is 22.3 Å². The largest absolute Gasteiger partial charge is 0.508 e. The Bertz CT molecular complexity index is 741. The topological polar surface area (TPSA) is 66.8 Å². The fraction of sp³-hybridized carbons (Fsp3) is 0.214. The van der Waals surface area contributed by atoms with Gasteiger partial charge in [-0.1, -0.05) is 57.3 Å². The number of aromatic hydroxyl groups is 2. The third-order valence-electron chi connectivity index (χ3n) is 3.22. The van der Waals surface area contributed by atoms with Gasteiger partial charge in [-0.2, -0.15) is 0 Å². The van der Waals surface area contributed by atoms with Gasteiger partial charge in [0.2, 0.25) is 0 Å². The molecule has 2 N–H and O–H groups in total. The maximum Gasteiger partial charge on any atom is 0.326 e. The van der Waals surface area contributed by atoms with Crippen molar-refractivity contribution in [3.63, 3.8) is 0 Å². The van der Waals surface area contributed by atoms with Crippen molar-refractivity contribution in [2.24, 2.45) is 0 Å². The van der Waals surface area contributed by atoms with Gasteiger partial charge in [-0.3, -0.25) is 4.79 Å². The summed E-state index contributed by atoms with van der Waals surface area (Å²) < 4.78 is 2.91. The Balaban J connectivity index is 2.47. The number of esters is 1. The normalized spacial score (nSPS) is 14.5. The summed E-state index contributed by atoms with van der Waals surface area (Å²) in [5.41, 5.74) is 0. The fourth-order valence-corrected chi connectivity index (χ4v) is 2.10. The van der Waals surface area contributed by atoms with E-state index in [9.17, 15) is 15.0 Å². The standard InChI is InChI=1S/C14H10B2I2O4/c1-13(17,14(15,16)18)12(21)22-11-4-2-3-8-9(11)5-7(19)6-10(8)20/h2-6,19-20H,1H3. The Morgan fingerprint density at radius 1 is 1.18 bits per heavy atom. The highest BCUT2D eigenvalue weighted by Crippen LogP contribution is 2.39. The molecule has 110 valence electrons. The van der Waals surface area contributed by atoms with E-state index < -0.39 is 12.6 Å². The Labute approximate surface area is 157 Å². The summed E-state index contributed by atoms with van der Waals surface area (Å²) in [6.07, 6.45) is 0. The summed E-state index contributed by atoms with van der Waals surface area (Å²) in [5, 5.41) is 20.3. The van der Waals surface area contributed by atoms with Gasteiger partial charge in [-0.15, -0.1) is 0 Å². The van der Waals surface area contributed by atoms with Gasteiger partial charge in [-0.25, -0.2) is 0 Å². The van der Waals surface area contributed by atoms with Crippen molar-refractivity contribution in [3.05, 3.63) is 30.3 Å². The molecular weight excluding hydrogens is 508 g/mol. The lowest BCUT2D eigenvalue weighted by molar-refractivity contribution is -0.135. The number of hydrogen-bond donors (Lipinski definition) is 2. The second kappa shape index (κ2) is 6.10. The second-order valence-electron chi connectivity index (χ2n) is 4.98. The van der Waals surface area contributed by atoms with Gasteiger partial charge in [0.15, 0.2) is 0 Å². The minimum absolute atomic E-state index is 0.106. The van der Waals surface area contributed by atoms with Gasteiger partial charge in [0.1, 0.15) is 20.7 Å². The summed E-state index contributed by atoms with van der Waals surface area (Å²) in [4.78, 5) is 12.4. The molecule has 0 bridgehead atoms. The lowest BCUT2D eigenvalue weighted by Gasteiger charge is -2.33. The van der Waals surface area contributed by atoms with Crippen molar-refractivity contribution in [1.82, 2.24) is 0 Å². The van der Waals surface area contributed by atoms with Crippen molar-refractivity contribution < 1.29 is 19.7 Å². The van der Waals surface area contributed by atoms with Crippen molar-refractivity contribution in [2.75, 3.05) is 0 Å². The molecule has 2 aromatic rings. The van der Waals surface area contributed by atoms with Crippen LogP contribution >= 0.6 is 45.2 Å². The van der Waals surface area contributed by atoms with Crippen LogP contribution in [0.1, 0.15) is 6.92 Å². The Morgan fingerprint density at radius 2 is 1.82 bits per heavy atom. The van der Waals surface area contributed by atoms with E-state index in [4.69, 9.17) is 20.4 Å². The molecule has 2 rings (SSSR count). The molecule has 8 heteroatoms. The van der Waals surface area contributed by atoms with Crippen LogP contribution in [0, 0.1) is 0 Å². The van der Waals surface area contributed by atoms with Crippen LogP contribution in [-0.4, -0.2) is 38.5 Å². The lowest BCUT2D eigenvalue weighted by atomic mass is 9.63. The molecule has 22 heavy (non-hydrogen) atoms. The van der Waals surface area contributed by atoms with Crippen LogP contribution in [0.25, 0.3) is 10.8 Å². The van der Waals surface area contributed by atoms with Crippen molar-refractivity contribution in [3.8, 4) is 17.2 Å². The SMILES string of the molecule is [B]C([B])(I)C(C)(I)C(=O)Oc1cccc2c(O)cc(O)cc12. The average Bonchev–Trinajstić information content (AvgIpc) is 2.38. The number of carbonyl (C=O) groups is 1. The number of halogens is 2. The van der Waals surface area contributed by atoms with Crippen LogP contribution in [0.2, 0.25) is 0 Å². The van der Waals surface area contributed by atoms with E-state index >= 15 is 0 Å². The summed E-state index contributed by atoms with van der Waals surface area (Å²) in [6, 6.07) is 7.47. The summed E-state index contributed by atoms with van der Waals surface area (Å²) in [6.45, 7) is 1.57. The minimum Gasteiger partial charge on any atom is -0.508 e. The highest BCUT2D eigenvalue weighted by atomic mass is 127. The first-order valence-corrected chi connectivity index (χ1v) is 8.32. The molecule has 0 aliphatic rings. The number of alkyl halides is 2. The van der Waals surface area contributed by atoms with Gasteiger partial charge < -0.3 is 14.9 Å². The summed E-state index contributed by atoms with van der Waals surface area (Å²) in [7, 11) is 11.6. The van der Waals surface area contributed by atoms with Crippen LogP contribution in [-0.2, 0) is 4.79 Å². The smallest absolute Gasteiger partial charge is 0.326 e. The van der Waals surface area contributed by atoms with Gasteiger partial charge in [0, 0.05) is 16.8 Å². The van der Waals surface area contributed by atoms with Crippen molar-refractivity contribution >= 4 is 77.6 Å². The van der Waals surface area contributed by atoms with Gasteiger partial charge in [0.05, 0.1) is 15.7 Å².